The SMILES string of the molecule is CC[C@H](C)N1C(=O)S/C(=C/c2ccc(Oc3ccc([N+](=O)[O-])cn3)cc2)C1=O. The normalized spacial score (nSPS) is 16.5. The molecule has 3 rings (SSSR count). The van der Waals surface area contributed by atoms with E-state index in [1.807, 2.05) is 13.8 Å². The number of benzene rings is 1. The summed E-state index contributed by atoms with van der Waals surface area (Å²) in [6, 6.07) is 9.46. The summed E-state index contributed by atoms with van der Waals surface area (Å²) in [7, 11) is 0. The van der Waals surface area contributed by atoms with E-state index in [0.717, 1.165) is 23.5 Å². The van der Waals surface area contributed by atoms with Gasteiger partial charge in [0.05, 0.1) is 9.83 Å². The number of thioether (sulfide) groups is 1. The van der Waals surface area contributed by atoms with E-state index in [-0.39, 0.29) is 28.8 Å². The Kier molecular flexibility index (Phi) is 5.74. The van der Waals surface area contributed by atoms with Gasteiger partial charge in [-0.05, 0) is 48.9 Å². The van der Waals surface area contributed by atoms with Crippen molar-refractivity contribution in [3.63, 3.8) is 0 Å². The van der Waals surface area contributed by atoms with E-state index in [9.17, 15) is 19.7 Å². The number of amides is 2. The topological polar surface area (TPSA) is 103 Å². The lowest BCUT2D eigenvalue weighted by atomic mass is 10.2. The molecular formula is C19H17N3O5S. The maximum absolute atomic E-state index is 12.4. The fourth-order valence-corrected chi connectivity index (χ4v) is 3.42. The molecule has 28 heavy (non-hydrogen) atoms. The van der Waals surface area contributed by atoms with Crippen molar-refractivity contribution in [3.8, 4) is 11.6 Å². The third-order valence-corrected chi connectivity index (χ3v) is 5.07. The second-order valence-corrected chi connectivity index (χ2v) is 7.09. The molecule has 144 valence electrons. The molecular weight excluding hydrogens is 382 g/mol. The Morgan fingerprint density at radius 3 is 2.54 bits per heavy atom. The third kappa shape index (κ3) is 4.20. The van der Waals surface area contributed by atoms with Gasteiger partial charge in [-0.2, -0.15) is 0 Å². The number of hydrogen-bond donors (Lipinski definition) is 0. The van der Waals surface area contributed by atoms with Gasteiger partial charge in [-0.3, -0.25) is 24.6 Å². The van der Waals surface area contributed by atoms with E-state index < -0.39 is 4.92 Å². The molecule has 9 heteroatoms. The number of carbonyl (C=O) groups is 2. The second kappa shape index (κ2) is 8.22. The molecule has 2 heterocycles. The van der Waals surface area contributed by atoms with Crippen LogP contribution in [-0.2, 0) is 4.79 Å². The fourth-order valence-electron chi connectivity index (χ4n) is 2.49. The zero-order valence-corrected chi connectivity index (χ0v) is 16.0. The van der Waals surface area contributed by atoms with E-state index >= 15 is 0 Å². The number of ether oxygens (including phenoxy) is 1. The van der Waals surface area contributed by atoms with Crippen LogP contribution in [0, 0.1) is 10.1 Å². The maximum atomic E-state index is 12.4. The number of hydrogen-bond acceptors (Lipinski definition) is 7. The molecule has 0 radical (unpaired) electrons. The summed E-state index contributed by atoms with van der Waals surface area (Å²) < 4.78 is 5.55. The third-order valence-electron chi connectivity index (χ3n) is 4.19. The molecule has 8 nitrogen and oxygen atoms in total. The van der Waals surface area contributed by atoms with Crippen molar-refractivity contribution >= 4 is 34.7 Å². The van der Waals surface area contributed by atoms with Gasteiger partial charge in [-0.15, -0.1) is 0 Å². The number of carbonyl (C=O) groups excluding carboxylic acids is 2. The smallest absolute Gasteiger partial charge is 0.293 e. The fraction of sp³-hybridized carbons (Fsp3) is 0.211. The molecule has 0 aliphatic carbocycles. The minimum Gasteiger partial charge on any atom is -0.439 e. The molecule has 0 bridgehead atoms. The maximum Gasteiger partial charge on any atom is 0.293 e. The van der Waals surface area contributed by atoms with E-state index in [2.05, 4.69) is 4.98 Å². The lowest BCUT2D eigenvalue weighted by molar-refractivity contribution is -0.385. The van der Waals surface area contributed by atoms with Crippen LogP contribution in [0.4, 0.5) is 10.5 Å². The Morgan fingerprint density at radius 2 is 1.96 bits per heavy atom. The predicted molar refractivity (Wildman–Crippen MR) is 105 cm³/mol. The summed E-state index contributed by atoms with van der Waals surface area (Å²) in [5.41, 5.74) is 0.632. The molecule has 1 aliphatic rings. The lowest BCUT2D eigenvalue weighted by Crippen LogP contribution is -2.36. The number of rotatable bonds is 6. The molecule has 1 saturated heterocycles. The van der Waals surface area contributed by atoms with Gasteiger partial charge in [0.15, 0.2) is 0 Å². The zero-order chi connectivity index (χ0) is 20.3. The molecule has 2 aromatic rings. The molecule has 1 atom stereocenters. The number of nitrogens with zero attached hydrogens (tertiary/aromatic N) is 3. The summed E-state index contributed by atoms with van der Waals surface area (Å²) in [6.07, 6.45) is 3.49. The van der Waals surface area contributed by atoms with Crippen LogP contribution < -0.4 is 4.74 Å². The molecule has 1 aromatic heterocycles. The van der Waals surface area contributed by atoms with Gasteiger partial charge >= 0.3 is 0 Å². The molecule has 1 fully saturated rings. The first-order valence-electron chi connectivity index (χ1n) is 8.54. The van der Waals surface area contributed by atoms with Crippen LogP contribution in [-0.4, -0.2) is 32.0 Å². The first kappa shape index (κ1) is 19.6. The van der Waals surface area contributed by atoms with E-state index in [0.29, 0.717) is 17.1 Å². The molecule has 0 unspecified atom stereocenters. The van der Waals surface area contributed by atoms with Crippen molar-refractivity contribution in [2.24, 2.45) is 0 Å². The summed E-state index contributed by atoms with van der Waals surface area (Å²) in [6.45, 7) is 3.77. The molecule has 2 amide bonds. The van der Waals surface area contributed by atoms with Gasteiger partial charge in [0.1, 0.15) is 11.9 Å². The number of aromatic nitrogens is 1. The van der Waals surface area contributed by atoms with E-state index in [1.54, 1.807) is 30.3 Å². The highest BCUT2D eigenvalue weighted by molar-refractivity contribution is 8.18. The van der Waals surface area contributed by atoms with Gasteiger partial charge in [-0.1, -0.05) is 19.1 Å². The van der Waals surface area contributed by atoms with Crippen LogP contribution in [0.15, 0.2) is 47.5 Å². The van der Waals surface area contributed by atoms with Gasteiger partial charge < -0.3 is 4.74 Å². The van der Waals surface area contributed by atoms with Crippen molar-refractivity contribution < 1.29 is 19.2 Å². The Morgan fingerprint density at radius 1 is 1.25 bits per heavy atom. The molecule has 0 spiro atoms. The first-order valence-corrected chi connectivity index (χ1v) is 9.36. The van der Waals surface area contributed by atoms with Gasteiger partial charge in [0, 0.05) is 18.2 Å². The van der Waals surface area contributed by atoms with Crippen LogP contribution >= 0.6 is 11.8 Å². The molecule has 0 N–H and O–H groups in total. The molecule has 1 aromatic carbocycles. The van der Waals surface area contributed by atoms with Crippen molar-refractivity contribution in [2.75, 3.05) is 0 Å². The number of pyridine rings is 1. The van der Waals surface area contributed by atoms with Crippen LogP contribution in [0.5, 0.6) is 11.6 Å². The zero-order valence-electron chi connectivity index (χ0n) is 15.2. The Labute approximate surface area is 165 Å². The van der Waals surface area contributed by atoms with Crippen LogP contribution in [0.25, 0.3) is 6.08 Å². The predicted octanol–water partition coefficient (Wildman–Crippen LogP) is 4.62. The lowest BCUT2D eigenvalue weighted by Gasteiger charge is -2.19. The summed E-state index contributed by atoms with van der Waals surface area (Å²) >= 11 is 0.933. The van der Waals surface area contributed by atoms with Crippen molar-refractivity contribution in [1.29, 1.82) is 0 Å². The minimum atomic E-state index is -0.533. The van der Waals surface area contributed by atoms with Crippen molar-refractivity contribution in [1.82, 2.24) is 9.88 Å². The highest BCUT2D eigenvalue weighted by Crippen LogP contribution is 2.34. The number of nitro groups is 1. The minimum absolute atomic E-state index is 0.117. The Hall–Kier alpha value is -3.20. The highest BCUT2D eigenvalue weighted by atomic mass is 32.2. The highest BCUT2D eigenvalue weighted by Gasteiger charge is 2.37. The summed E-state index contributed by atoms with van der Waals surface area (Å²) in [5, 5.41) is 10.4. The monoisotopic (exact) mass is 399 g/mol. The Balaban J connectivity index is 1.71. The summed E-state index contributed by atoms with van der Waals surface area (Å²) in [5.74, 6) is 0.444. The van der Waals surface area contributed by atoms with Gasteiger partial charge in [0.25, 0.3) is 16.8 Å². The first-order chi connectivity index (χ1) is 13.4. The summed E-state index contributed by atoms with van der Waals surface area (Å²) in [4.78, 5) is 40.2. The van der Waals surface area contributed by atoms with Crippen molar-refractivity contribution in [2.45, 2.75) is 26.3 Å². The largest absolute Gasteiger partial charge is 0.439 e. The number of imide groups is 1. The van der Waals surface area contributed by atoms with Gasteiger partial charge in [-0.25, -0.2) is 4.98 Å². The standard InChI is InChI=1S/C19H17N3O5S/c1-3-12(2)21-18(23)16(28-19(21)24)10-13-4-7-15(8-5-13)27-17-9-6-14(11-20-17)22(25)26/h4-12H,3H2,1-2H3/b16-10+/t12-/m0/s1. The second-order valence-electron chi connectivity index (χ2n) is 6.09. The average molecular weight is 399 g/mol. The van der Waals surface area contributed by atoms with Gasteiger partial charge in [0.2, 0.25) is 5.88 Å². The molecule has 1 aliphatic heterocycles. The molecule has 0 saturated carbocycles. The van der Waals surface area contributed by atoms with E-state index in [1.165, 1.54) is 17.0 Å². The average Bonchev–Trinajstić information content (AvgIpc) is 2.96. The quantitative estimate of drug-likeness (QED) is 0.397. The van der Waals surface area contributed by atoms with Crippen LogP contribution in [0.3, 0.4) is 0 Å². The van der Waals surface area contributed by atoms with Crippen LogP contribution in [0.1, 0.15) is 25.8 Å². The van der Waals surface area contributed by atoms with E-state index in [4.69, 9.17) is 4.74 Å². The van der Waals surface area contributed by atoms with Crippen LogP contribution in [0.2, 0.25) is 0 Å². The Bertz CT molecular complexity index is 941. The van der Waals surface area contributed by atoms with Crippen molar-refractivity contribution in [3.05, 3.63) is 63.2 Å².